The summed E-state index contributed by atoms with van der Waals surface area (Å²) in [5.41, 5.74) is 5.69. The van der Waals surface area contributed by atoms with Crippen LogP contribution in [0.25, 0.3) is 21.5 Å². The topological polar surface area (TPSA) is 446 Å². The Morgan fingerprint density at radius 2 is 1.05 bits per heavy atom. The number of carbonyl (C=O) groups is 10. The molecule has 9 amide bonds. The molecule has 12 unspecified atom stereocenters. The monoisotopic (exact) mass is 1620 g/mol. The van der Waals surface area contributed by atoms with Gasteiger partial charge in [-0.3, -0.25) is 53.6 Å². The molecule has 8 heterocycles. The summed E-state index contributed by atoms with van der Waals surface area (Å²) >= 11 is 0. The molecule has 6 aliphatic heterocycles. The van der Waals surface area contributed by atoms with Crippen molar-refractivity contribution < 1.29 is 70.9 Å². The molecule has 1 aliphatic carbocycles. The van der Waals surface area contributed by atoms with Gasteiger partial charge in [-0.05, 0) is 133 Å². The van der Waals surface area contributed by atoms with Crippen LogP contribution in [0.3, 0.4) is 0 Å². The van der Waals surface area contributed by atoms with Gasteiger partial charge in [0.25, 0.3) is 11.8 Å². The van der Waals surface area contributed by atoms with E-state index in [-0.39, 0.29) is 87.7 Å². The fourth-order valence-electron chi connectivity index (χ4n) is 14.9. The minimum atomic E-state index is -4.23. The van der Waals surface area contributed by atoms with E-state index in [0.29, 0.717) is 35.1 Å². The first-order valence-corrected chi connectivity index (χ1v) is 40.7. The predicted octanol–water partition coefficient (Wildman–Crippen LogP) is 3.10. The van der Waals surface area contributed by atoms with E-state index >= 15 is 28.8 Å². The molecule has 117 heavy (non-hydrogen) atoms. The maximum atomic E-state index is 16.0. The summed E-state index contributed by atoms with van der Waals surface area (Å²) in [5, 5.41) is 53.9. The van der Waals surface area contributed by atoms with Crippen molar-refractivity contribution in [1.82, 2.24) is 87.0 Å². The molecular weight excluding hydrogens is 1520 g/mol. The van der Waals surface area contributed by atoms with E-state index in [9.17, 15) is 32.7 Å². The van der Waals surface area contributed by atoms with Crippen molar-refractivity contribution in [2.45, 2.75) is 197 Å². The summed E-state index contributed by atoms with van der Waals surface area (Å²) in [6, 6.07) is 24.9. The maximum absolute atomic E-state index is 16.0. The zero-order valence-corrected chi connectivity index (χ0v) is 67.8. The third-order valence-electron chi connectivity index (χ3n) is 22.1. The lowest BCUT2D eigenvalue weighted by Gasteiger charge is -2.42. The number of rotatable bonds is 16. The lowest BCUT2D eigenvalue weighted by atomic mass is 9.85. The number of benzene rings is 6. The number of nitrogens with one attached hydrogen (secondary N) is 9. The van der Waals surface area contributed by atoms with Crippen LogP contribution < -0.4 is 62.5 Å². The lowest BCUT2D eigenvalue weighted by Crippen LogP contribution is -2.71. The van der Waals surface area contributed by atoms with Crippen molar-refractivity contribution in [2.75, 3.05) is 27.2 Å². The fraction of sp³-hybridized carbons (Fsp3) is 0.446. The minimum absolute atomic E-state index is 0.0268. The van der Waals surface area contributed by atoms with Crippen LogP contribution in [-0.2, 0) is 96.9 Å². The number of hydrogen-bond acceptors (Lipinski definition) is 21. The standard InChI is InChI=1S/C83H102N18O15S/c1-47(85-9)71(102)91-69(81(3,4)5)77(108)98-35-33-66-68(98)76(107)88-62(41-51-19-25-53-15-11-13-17-55(53)37-51)73(104)89-65(79(110)111)40-50-23-29-60(30-24-50)116-46-58-44-101(97-94-58)67-34-36-99(78(109)70(82(6,7)8)92-72(103)48(2)86-10)83(67,84)80(112)90-63(42-52-20-26-54-16-12-14-18-56(54)38-52)74(105)87-64(75(106)95-117(113,114)61-31-32-61)39-49-21-27-59(28-22-49)115-45-57-43-100(66)96-93-57/h11-30,37-38,43-44,47-48,61-70,85-86H,31-36,39-42,45-46,84H2,1-10H3,(H,87,105)(H,88,107)(H,89,104)(H,90,112)(H,91,102)(H,92,103)(H,95,106)(H,110,111). The second kappa shape index (κ2) is 35.4. The number of nitrogens with zero attached hydrogens (tertiary/aromatic N) is 8. The summed E-state index contributed by atoms with van der Waals surface area (Å²) in [6.07, 6.45) is 2.79. The number of aromatic nitrogens is 6. The molecule has 0 radical (unpaired) electrons. The zero-order chi connectivity index (χ0) is 84.0. The molecule has 8 bridgehead atoms. The van der Waals surface area contributed by atoms with Crippen LogP contribution in [0, 0.1) is 10.8 Å². The second-order valence-corrected chi connectivity index (χ2v) is 34.7. The number of nitrogens with two attached hydrogens (primary N) is 1. The van der Waals surface area contributed by atoms with Crippen LogP contribution in [0.2, 0.25) is 0 Å². The van der Waals surface area contributed by atoms with Crippen molar-refractivity contribution in [3.8, 4) is 11.5 Å². The van der Waals surface area contributed by atoms with Gasteiger partial charge in [0.1, 0.15) is 84.4 Å². The number of aliphatic carboxylic acids is 1. The van der Waals surface area contributed by atoms with E-state index < -0.39 is 157 Å². The van der Waals surface area contributed by atoms with Crippen molar-refractivity contribution >= 4 is 90.7 Å². The molecule has 15 rings (SSSR count). The molecule has 12 atom stereocenters. The number of carboxylic acid groups (broad SMARTS) is 1. The van der Waals surface area contributed by atoms with E-state index in [2.05, 4.69) is 67.9 Å². The number of amides is 9. The number of hydrogen-bond donors (Lipinski definition) is 11. The third-order valence-corrected chi connectivity index (χ3v) is 23.9. The van der Waals surface area contributed by atoms with Crippen LogP contribution in [0.4, 0.5) is 0 Å². The highest BCUT2D eigenvalue weighted by molar-refractivity contribution is 7.91. The summed E-state index contributed by atoms with van der Waals surface area (Å²) < 4.78 is 44.6. The van der Waals surface area contributed by atoms with Gasteiger partial charge in [0.15, 0.2) is 5.66 Å². The molecule has 1 saturated carbocycles. The summed E-state index contributed by atoms with van der Waals surface area (Å²) in [5.74, 6) is -7.91. The van der Waals surface area contributed by atoms with E-state index in [1.807, 2.05) is 72.8 Å². The summed E-state index contributed by atoms with van der Waals surface area (Å²) in [7, 11) is -1.04. The highest BCUT2D eigenvalue weighted by atomic mass is 32.2. The molecule has 0 spiro atoms. The number of sulfonamides is 1. The van der Waals surface area contributed by atoms with Crippen LogP contribution in [0.5, 0.6) is 11.5 Å². The third kappa shape index (κ3) is 19.9. The Morgan fingerprint density at radius 1 is 0.581 bits per heavy atom. The van der Waals surface area contributed by atoms with Crippen molar-refractivity contribution in [2.24, 2.45) is 16.6 Å². The lowest BCUT2D eigenvalue weighted by molar-refractivity contribution is -0.151. The van der Waals surface area contributed by atoms with Crippen LogP contribution in [0.1, 0.15) is 127 Å². The molecular formula is C83H102N18O15S. The molecule has 34 heteroatoms. The van der Waals surface area contributed by atoms with E-state index in [1.54, 1.807) is 136 Å². The SMILES string of the molecule is CNC(C)C(=O)NC(C(=O)N1CCC2C1C(=O)NC(Cc1ccc3ccccc3c1)C(=O)NC(C(=O)O)Cc1ccc(cc1)OCc1cn(nn1)C1CCN(C(=O)C(NC(=O)C(C)NC)C(C)(C)C)C1(N)C(=O)NC(Cc1ccc3ccccc3c1)C(=O)NC(C(=O)NS(=O)(=O)C1CC1)Cc1ccc(cc1)OCc1cn2nn1)C(C)(C)C. The first-order chi connectivity index (χ1) is 55.6. The van der Waals surface area contributed by atoms with E-state index in [0.717, 1.165) is 26.4 Å². The Morgan fingerprint density at radius 3 is 1.55 bits per heavy atom. The number of fused-ring (bicyclic) bond motifs is 2. The summed E-state index contributed by atoms with van der Waals surface area (Å²) in [4.78, 5) is 151. The molecule has 12 N–H and O–H groups in total. The predicted molar refractivity (Wildman–Crippen MR) is 431 cm³/mol. The molecule has 3 fully saturated rings. The minimum Gasteiger partial charge on any atom is -0.487 e. The van der Waals surface area contributed by atoms with Gasteiger partial charge in [0.05, 0.1) is 35.8 Å². The molecule has 620 valence electrons. The molecule has 6 aromatic carbocycles. The number of ether oxygens (including phenoxy) is 2. The summed E-state index contributed by atoms with van der Waals surface area (Å²) in [6.45, 7) is 13.1. The highest BCUT2D eigenvalue weighted by Crippen LogP contribution is 2.39. The van der Waals surface area contributed by atoms with Gasteiger partial charge in [-0.25, -0.2) is 22.6 Å². The van der Waals surface area contributed by atoms with Crippen LogP contribution in [-0.4, -0.2) is 205 Å². The fourth-order valence-corrected chi connectivity index (χ4v) is 16.2. The Kier molecular flexibility index (Phi) is 25.6. The average Bonchev–Trinajstić information content (AvgIpc) is 1.42. The maximum Gasteiger partial charge on any atom is 0.326 e. The number of likely N-dealkylation sites (N-methyl/N-ethyl adjacent to an activating group) is 2. The normalized spacial score (nSPS) is 22.5. The Balaban J connectivity index is 0.916. The number of carboxylic acids is 1. The first-order valence-electron chi connectivity index (χ1n) is 39.2. The Hall–Kier alpha value is -11.8. The van der Waals surface area contributed by atoms with Gasteiger partial charge in [0, 0.05) is 38.8 Å². The Bertz CT molecular complexity index is 5160. The highest BCUT2D eigenvalue weighted by Gasteiger charge is 2.58. The van der Waals surface area contributed by atoms with Gasteiger partial charge >= 0.3 is 5.97 Å². The molecule has 2 aromatic heterocycles. The van der Waals surface area contributed by atoms with E-state index in [4.69, 9.17) is 15.2 Å². The molecule has 7 aliphatic rings. The number of carbonyl (C=O) groups excluding carboxylic acids is 9. The Labute approximate surface area is 677 Å². The first kappa shape index (κ1) is 84.6. The quantitative estimate of drug-likeness (QED) is 0.0662. The molecule has 33 nitrogen and oxygen atoms in total. The van der Waals surface area contributed by atoms with Gasteiger partial charge in [-0.2, -0.15) is 0 Å². The van der Waals surface area contributed by atoms with Crippen molar-refractivity contribution in [3.05, 3.63) is 179 Å². The van der Waals surface area contributed by atoms with E-state index in [1.165, 1.54) is 20.5 Å². The van der Waals surface area contributed by atoms with Crippen molar-refractivity contribution in [1.29, 1.82) is 0 Å². The van der Waals surface area contributed by atoms with Crippen LogP contribution in [0.15, 0.2) is 146 Å². The second-order valence-electron chi connectivity index (χ2n) is 32.8. The van der Waals surface area contributed by atoms with Gasteiger partial charge in [0.2, 0.25) is 51.4 Å². The zero-order valence-electron chi connectivity index (χ0n) is 67.0. The molecule has 8 aromatic rings. The molecule has 2 saturated heterocycles. The van der Waals surface area contributed by atoms with Gasteiger partial charge in [-0.15, -0.1) is 10.2 Å². The van der Waals surface area contributed by atoms with Gasteiger partial charge in [-0.1, -0.05) is 161 Å². The van der Waals surface area contributed by atoms with Crippen molar-refractivity contribution in [3.63, 3.8) is 0 Å². The largest absolute Gasteiger partial charge is 0.487 e. The van der Waals surface area contributed by atoms with Crippen LogP contribution >= 0.6 is 0 Å². The van der Waals surface area contributed by atoms with Gasteiger partial charge < -0.3 is 66.9 Å². The number of likely N-dealkylation sites (tertiary alicyclic amines) is 2. The smallest absolute Gasteiger partial charge is 0.326 e. The average molecular weight is 1620 g/mol.